The third-order valence-corrected chi connectivity index (χ3v) is 4.65. The van der Waals surface area contributed by atoms with Crippen molar-refractivity contribution >= 4 is 15.9 Å². The summed E-state index contributed by atoms with van der Waals surface area (Å²) in [6.07, 6.45) is 3.16. The first-order valence-corrected chi connectivity index (χ1v) is 9.06. The molecule has 5 heteroatoms. The summed E-state index contributed by atoms with van der Waals surface area (Å²) in [6, 6.07) is 0.629. The molecule has 0 aromatic rings. The highest BCUT2D eigenvalue weighted by molar-refractivity contribution is 9.09. The van der Waals surface area contributed by atoms with Crippen LogP contribution in [0.4, 0.5) is 0 Å². The van der Waals surface area contributed by atoms with Gasteiger partial charge in [0.05, 0.1) is 25.4 Å². The lowest BCUT2D eigenvalue weighted by atomic mass is 10.1. The molecule has 20 heavy (non-hydrogen) atoms. The maximum atomic E-state index is 5.93. The zero-order valence-corrected chi connectivity index (χ0v) is 14.5. The number of alkyl halides is 1. The van der Waals surface area contributed by atoms with Crippen molar-refractivity contribution in [2.24, 2.45) is 0 Å². The number of hydrogen-bond acceptors (Lipinski definition) is 4. The number of morpholine rings is 1. The van der Waals surface area contributed by atoms with Gasteiger partial charge < -0.3 is 14.4 Å². The Morgan fingerprint density at radius 2 is 2.00 bits per heavy atom. The molecule has 0 radical (unpaired) electrons. The summed E-state index contributed by atoms with van der Waals surface area (Å²) in [6.45, 7) is 11.8. The predicted octanol–water partition coefficient (Wildman–Crippen LogP) is 1.97. The van der Waals surface area contributed by atoms with Crippen molar-refractivity contribution in [2.45, 2.75) is 44.9 Å². The quantitative estimate of drug-likeness (QED) is 0.685. The smallest absolute Gasteiger partial charge is 0.0829 e. The van der Waals surface area contributed by atoms with Gasteiger partial charge in [0.25, 0.3) is 0 Å². The molecule has 2 aliphatic heterocycles. The Labute approximate surface area is 131 Å². The van der Waals surface area contributed by atoms with Crippen molar-refractivity contribution in [3.8, 4) is 0 Å². The maximum Gasteiger partial charge on any atom is 0.0829 e. The molecule has 2 fully saturated rings. The van der Waals surface area contributed by atoms with Crippen LogP contribution in [0.25, 0.3) is 0 Å². The van der Waals surface area contributed by atoms with E-state index in [1.165, 1.54) is 0 Å². The first-order chi connectivity index (χ1) is 9.69. The zero-order valence-electron chi connectivity index (χ0n) is 12.9. The minimum Gasteiger partial charge on any atom is -0.377 e. The number of likely N-dealkylation sites (tertiary alicyclic amines) is 1. The number of piperidine rings is 1. The summed E-state index contributed by atoms with van der Waals surface area (Å²) in [4.78, 5) is 5.07. The molecule has 0 aliphatic carbocycles. The standard InChI is InChI=1S/C15H29BrN2O2/c1-13(2)18-8-10-20-15(12-18)11-17-6-3-14(4-7-17)19-9-5-16/h13-15H,3-12H2,1-2H3. The third kappa shape index (κ3) is 5.26. The fourth-order valence-electron chi connectivity index (χ4n) is 3.08. The van der Waals surface area contributed by atoms with E-state index in [-0.39, 0.29) is 0 Å². The Hall–Kier alpha value is 0.320. The minimum absolute atomic E-state index is 0.381. The van der Waals surface area contributed by atoms with Gasteiger partial charge in [-0.05, 0) is 26.7 Å². The van der Waals surface area contributed by atoms with Gasteiger partial charge in [0.2, 0.25) is 0 Å². The summed E-state index contributed by atoms with van der Waals surface area (Å²) in [7, 11) is 0. The Morgan fingerprint density at radius 3 is 2.65 bits per heavy atom. The number of hydrogen-bond donors (Lipinski definition) is 0. The van der Waals surface area contributed by atoms with Crippen molar-refractivity contribution in [3.05, 3.63) is 0 Å². The van der Waals surface area contributed by atoms with Gasteiger partial charge in [0, 0.05) is 44.1 Å². The van der Waals surface area contributed by atoms with Crippen LogP contribution in [0.1, 0.15) is 26.7 Å². The number of ether oxygens (including phenoxy) is 2. The summed E-state index contributed by atoms with van der Waals surface area (Å²) in [5, 5.41) is 0.939. The predicted molar refractivity (Wildman–Crippen MR) is 85.7 cm³/mol. The van der Waals surface area contributed by atoms with Crippen molar-refractivity contribution < 1.29 is 9.47 Å². The molecule has 118 valence electrons. The van der Waals surface area contributed by atoms with E-state index in [9.17, 15) is 0 Å². The van der Waals surface area contributed by atoms with Crippen LogP contribution < -0.4 is 0 Å². The van der Waals surface area contributed by atoms with Gasteiger partial charge in [-0.25, -0.2) is 0 Å². The summed E-state index contributed by atoms with van der Waals surface area (Å²) >= 11 is 3.41. The molecule has 1 atom stereocenters. The van der Waals surface area contributed by atoms with Crippen LogP contribution >= 0.6 is 15.9 Å². The van der Waals surface area contributed by atoms with Gasteiger partial charge >= 0.3 is 0 Å². The van der Waals surface area contributed by atoms with E-state index in [1.807, 2.05) is 0 Å². The first kappa shape index (κ1) is 16.7. The zero-order chi connectivity index (χ0) is 14.4. The fraction of sp³-hybridized carbons (Fsp3) is 1.00. The van der Waals surface area contributed by atoms with E-state index < -0.39 is 0 Å². The van der Waals surface area contributed by atoms with E-state index in [0.717, 1.165) is 64.1 Å². The molecule has 0 saturated carbocycles. The van der Waals surface area contributed by atoms with Gasteiger partial charge in [0.15, 0.2) is 0 Å². The second kappa shape index (κ2) is 8.69. The monoisotopic (exact) mass is 348 g/mol. The topological polar surface area (TPSA) is 24.9 Å². The molecule has 0 aromatic heterocycles. The number of nitrogens with zero attached hydrogens (tertiary/aromatic N) is 2. The Kier molecular flexibility index (Phi) is 7.25. The molecule has 0 N–H and O–H groups in total. The van der Waals surface area contributed by atoms with Gasteiger partial charge in [-0.1, -0.05) is 15.9 Å². The van der Waals surface area contributed by atoms with E-state index in [1.54, 1.807) is 0 Å². The van der Waals surface area contributed by atoms with E-state index in [0.29, 0.717) is 18.2 Å². The molecule has 0 spiro atoms. The van der Waals surface area contributed by atoms with Crippen LogP contribution in [0.2, 0.25) is 0 Å². The lowest BCUT2D eigenvalue weighted by molar-refractivity contribution is -0.0610. The van der Waals surface area contributed by atoms with Gasteiger partial charge in [-0.2, -0.15) is 0 Å². The summed E-state index contributed by atoms with van der Waals surface area (Å²) in [5.41, 5.74) is 0. The van der Waals surface area contributed by atoms with Crippen LogP contribution in [0.3, 0.4) is 0 Å². The molecule has 2 rings (SSSR count). The van der Waals surface area contributed by atoms with Crippen molar-refractivity contribution in [3.63, 3.8) is 0 Å². The highest BCUT2D eigenvalue weighted by Crippen LogP contribution is 2.16. The molecule has 2 heterocycles. The first-order valence-electron chi connectivity index (χ1n) is 7.94. The van der Waals surface area contributed by atoms with Crippen LogP contribution in [-0.2, 0) is 9.47 Å². The molecule has 2 aliphatic rings. The number of rotatable bonds is 6. The van der Waals surface area contributed by atoms with Crippen molar-refractivity contribution in [2.75, 3.05) is 51.3 Å². The minimum atomic E-state index is 0.381. The second-order valence-corrected chi connectivity index (χ2v) is 6.93. The Bertz CT molecular complexity index is 271. The summed E-state index contributed by atoms with van der Waals surface area (Å²) < 4.78 is 11.7. The second-order valence-electron chi connectivity index (χ2n) is 6.14. The normalized spacial score (nSPS) is 27.3. The van der Waals surface area contributed by atoms with Crippen LogP contribution in [0.5, 0.6) is 0 Å². The van der Waals surface area contributed by atoms with Crippen LogP contribution in [-0.4, -0.2) is 79.3 Å². The van der Waals surface area contributed by atoms with E-state index in [4.69, 9.17) is 9.47 Å². The average molecular weight is 349 g/mol. The van der Waals surface area contributed by atoms with Gasteiger partial charge in [0.1, 0.15) is 0 Å². The SMILES string of the molecule is CC(C)N1CCOC(CN2CCC(OCCBr)CC2)C1. The third-order valence-electron chi connectivity index (χ3n) is 4.33. The molecule has 0 amide bonds. The molecule has 4 nitrogen and oxygen atoms in total. The lowest BCUT2D eigenvalue weighted by Crippen LogP contribution is -2.51. The molecule has 1 unspecified atom stereocenters. The highest BCUT2D eigenvalue weighted by Gasteiger charge is 2.26. The number of halogens is 1. The molecule has 0 aromatic carbocycles. The average Bonchev–Trinajstić information content (AvgIpc) is 2.47. The Morgan fingerprint density at radius 1 is 1.25 bits per heavy atom. The van der Waals surface area contributed by atoms with E-state index in [2.05, 4.69) is 39.6 Å². The van der Waals surface area contributed by atoms with Crippen molar-refractivity contribution in [1.82, 2.24) is 9.80 Å². The molecular weight excluding hydrogens is 320 g/mol. The highest BCUT2D eigenvalue weighted by atomic mass is 79.9. The van der Waals surface area contributed by atoms with Crippen LogP contribution in [0, 0.1) is 0 Å². The Balaban J connectivity index is 1.67. The summed E-state index contributed by atoms with van der Waals surface area (Å²) in [5.74, 6) is 0. The molecule has 0 bridgehead atoms. The van der Waals surface area contributed by atoms with Gasteiger partial charge in [-0.15, -0.1) is 0 Å². The van der Waals surface area contributed by atoms with Crippen molar-refractivity contribution in [1.29, 1.82) is 0 Å². The van der Waals surface area contributed by atoms with Gasteiger partial charge in [-0.3, -0.25) is 4.90 Å². The molecular formula is C15H29BrN2O2. The largest absolute Gasteiger partial charge is 0.377 e. The molecule has 2 saturated heterocycles. The fourth-order valence-corrected chi connectivity index (χ4v) is 3.27. The van der Waals surface area contributed by atoms with E-state index >= 15 is 0 Å². The van der Waals surface area contributed by atoms with Crippen LogP contribution in [0.15, 0.2) is 0 Å². The maximum absolute atomic E-state index is 5.93. The lowest BCUT2D eigenvalue weighted by Gasteiger charge is -2.39.